The van der Waals surface area contributed by atoms with Crippen molar-refractivity contribution in [3.05, 3.63) is 16.5 Å². The Balaban J connectivity index is 2.76. The minimum atomic E-state index is 0.144. The number of aromatic nitrogens is 2. The number of methoxy groups -OCH3 is 1. The van der Waals surface area contributed by atoms with Crippen LogP contribution >= 0.6 is 11.6 Å². The van der Waals surface area contributed by atoms with Gasteiger partial charge in [-0.15, -0.1) is 0 Å². The molecular weight excluding hydrogens is 274 g/mol. The molecule has 1 aromatic heterocycles. The highest BCUT2D eigenvalue weighted by molar-refractivity contribution is 6.30. The maximum Gasteiger partial charge on any atom is 0.137 e. The largest absolute Gasteiger partial charge is 0.385 e. The molecule has 0 amide bonds. The van der Waals surface area contributed by atoms with Crippen LogP contribution in [0.5, 0.6) is 0 Å². The highest BCUT2D eigenvalue weighted by atomic mass is 35.5. The molecule has 1 aromatic rings. The lowest BCUT2D eigenvalue weighted by Crippen LogP contribution is -2.25. The molecule has 20 heavy (non-hydrogen) atoms. The van der Waals surface area contributed by atoms with Crippen LogP contribution in [0, 0.1) is 12.3 Å². The van der Waals surface area contributed by atoms with Gasteiger partial charge < -0.3 is 10.1 Å². The normalized spacial score (nSPS) is 11.7. The Morgan fingerprint density at radius 2 is 2.00 bits per heavy atom. The molecular formula is C15H26ClN3O. The van der Waals surface area contributed by atoms with E-state index in [9.17, 15) is 0 Å². The third kappa shape index (κ3) is 5.25. The van der Waals surface area contributed by atoms with Crippen molar-refractivity contribution >= 4 is 17.4 Å². The number of aryl methyl sites for hydroxylation is 1. The van der Waals surface area contributed by atoms with Crippen molar-refractivity contribution in [1.82, 2.24) is 9.97 Å². The molecule has 0 unspecified atom stereocenters. The summed E-state index contributed by atoms with van der Waals surface area (Å²) in [5.41, 5.74) is 1.05. The van der Waals surface area contributed by atoms with E-state index in [-0.39, 0.29) is 5.41 Å². The molecule has 114 valence electrons. The van der Waals surface area contributed by atoms with Gasteiger partial charge in [-0.25, -0.2) is 9.97 Å². The van der Waals surface area contributed by atoms with E-state index < -0.39 is 0 Å². The monoisotopic (exact) mass is 299 g/mol. The lowest BCUT2D eigenvalue weighted by Gasteiger charge is -2.25. The van der Waals surface area contributed by atoms with Crippen LogP contribution in [0.15, 0.2) is 0 Å². The zero-order chi connectivity index (χ0) is 15.2. The second-order valence-corrected chi connectivity index (χ2v) is 6.27. The molecule has 0 saturated heterocycles. The van der Waals surface area contributed by atoms with Crippen LogP contribution in [0.3, 0.4) is 0 Å². The summed E-state index contributed by atoms with van der Waals surface area (Å²) >= 11 is 6.18. The Bertz CT molecular complexity index is 435. The first-order valence-electron chi connectivity index (χ1n) is 7.15. The van der Waals surface area contributed by atoms with Gasteiger partial charge in [0.15, 0.2) is 0 Å². The zero-order valence-corrected chi connectivity index (χ0v) is 14.0. The summed E-state index contributed by atoms with van der Waals surface area (Å²) in [6, 6.07) is 0. The molecule has 0 aliphatic rings. The summed E-state index contributed by atoms with van der Waals surface area (Å²) in [6.45, 7) is 10.1. The molecule has 0 radical (unpaired) electrons. The van der Waals surface area contributed by atoms with Crippen molar-refractivity contribution in [3.8, 4) is 0 Å². The number of ether oxygens (including phenoxy) is 1. The second kappa shape index (κ2) is 7.79. The van der Waals surface area contributed by atoms with Gasteiger partial charge in [0.25, 0.3) is 0 Å². The predicted octanol–water partition coefficient (Wildman–Crippen LogP) is 3.87. The molecule has 0 fully saturated rings. The van der Waals surface area contributed by atoms with E-state index in [1.54, 1.807) is 7.11 Å². The van der Waals surface area contributed by atoms with Crippen LogP contribution in [0.4, 0.5) is 5.82 Å². The molecule has 0 spiro atoms. The van der Waals surface area contributed by atoms with Gasteiger partial charge in [0.05, 0.1) is 0 Å². The van der Waals surface area contributed by atoms with Crippen LogP contribution in [-0.4, -0.2) is 30.2 Å². The molecule has 1 N–H and O–H groups in total. The van der Waals surface area contributed by atoms with Gasteiger partial charge in [-0.05, 0) is 25.2 Å². The highest BCUT2D eigenvalue weighted by Crippen LogP contribution is 2.24. The number of halogens is 1. The minimum absolute atomic E-state index is 0.144. The fourth-order valence-corrected chi connectivity index (χ4v) is 2.02. The highest BCUT2D eigenvalue weighted by Gasteiger charge is 2.18. The number of nitrogens with zero attached hydrogens (tertiary/aromatic N) is 2. The first-order valence-corrected chi connectivity index (χ1v) is 7.53. The Hall–Kier alpha value is -0.870. The van der Waals surface area contributed by atoms with Crippen molar-refractivity contribution in [2.75, 3.05) is 25.6 Å². The van der Waals surface area contributed by atoms with Crippen LogP contribution < -0.4 is 5.32 Å². The smallest absolute Gasteiger partial charge is 0.137 e. The van der Waals surface area contributed by atoms with E-state index in [1.807, 2.05) is 6.92 Å². The lowest BCUT2D eigenvalue weighted by atomic mass is 9.90. The predicted molar refractivity (Wildman–Crippen MR) is 84.5 cm³/mol. The van der Waals surface area contributed by atoms with Gasteiger partial charge in [0.2, 0.25) is 0 Å². The Kier molecular flexibility index (Phi) is 6.69. The molecule has 0 atom stereocenters. The molecule has 0 saturated carbocycles. The maximum absolute atomic E-state index is 6.18. The molecule has 0 aliphatic heterocycles. The first-order chi connectivity index (χ1) is 9.39. The van der Waals surface area contributed by atoms with Crippen LogP contribution in [0.1, 0.15) is 45.0 Å². The van der Waals surface area contributed by atoms with E-state index in [0.717, 1.165) is 49.6 Å². The van der Waals surface area contributed by atoms with E-state index in [0.29, 0.717) is 5.15 Å². The van der Waals surface area contributed by atoms with E-state index in [1.165, 1.54) is 0 Å². The zero-order valence-electron chi connectivity index (χ0n) is 13.2. The van der Waals surface area contributed by atoms with Gasteiger partial charge in [-0.1, -0.05) is 32.4 Å². The van der Waals surface area contributed by atoms with Crippen molar-refractivity contribution in [2.45, 2.75) is 47.0 Å². The number of hydrogen-bond donors (Lipinski definition) is 1. The molecule has 5 heteroatoms. The third-order valence-corrected chi connectivity index (χ3v) is 3.69. The maximum atomic E-state index is 6.18. The molecule has 1 rings (SSSR count). The summed E-state index contributed by atoms with van der Waals surface area (Å²) in [5, 5.41) is 3.95. The van der Waals surface area contributed by atoms with Crippen LogP contribution in [0.25, 0.3) is 0 Å². The fraction of sp³-hybridized carbons (Fsp3) is 0.733. The summed E-state index contributed by atoms with van der Waals surface area (Å²) in [5.74, 6) is 1.65. The SMILES string of the molecule is CCCc1nc(Cl)c(C)c(NCC(C)(C)CCOC)n1. The average molecular weight is 300 g/mol. The van der Waals surface area contributed by atoms with Crippen molar-refractivity contribution in [3.63, 3.8) is 0 Å². The van der Waals surface area contributed by atoms with Crippen molar-refractivity contribution in [1.29, 1.82) is 0 Å². The van der Waals surface area contributed by atoms with E-state index in [2.05, 4.69) is 36.1 Å². The van der Waals surface area contributed by atoms with E-state index in [4.69, 9.17) is 16.3 Å². The Labute approximate surface area is 127 Å². The second-order valence-electron chi connectivity index (χ2n) is 5.91. The van der Waals surface area contributed by atoms with Gasteiger partial charge in [-0.3, -0.25) is 0 Å². The molecule has 1 heterocycles. The third-order valence-electron chi connectivity index (χ3n) is 3.32. The standard InChI is InChI=1S/C15H26ClN3O/c1-6-7-12-18-13(16)11(2)14(19-12)17-10-15(3,4)8-9-20-5/h6-10H2,1-5H3,(H,17,18,19). The molecule has 0 aromatic carbocycles. The minimum Gasteiger partial charge on any atom is -0.385 e. The molecule has 0 aliphatic carbocycles. The van der Waals surface area contributed by atoms with Gasteiger partial charge in [-0.2, -0.15) is 0 Å². The lowest BCUT2D eigenvalue weighted by molar-refractivity contribution is 0.157. The fourth-order valence-electron chi connectivity index (χ4n) is 1.83. The van der Waals surface area contributed by atoms with Crippen LogP contribution in [-0.2, 0) is 11.2 Å². The Morgan fingerprint density at radius 3 is 2.60 bits per heavy atom. The van der Waals surface area contributed by atoms with Crippen LogP contribution in [0.2, 0.25) is 5.15 Å². The summed E-state index contributed by atoms with van der Waals surface area (Å²) in [4.78, 5) is 8.88. The first kappa shape index (κ1) is 17.2. The van der Waals surface area contributed by atoms with Gasteiger partial charge >= 0.3 is 0 Å². The molecule has 4 nitrogen and oxygen atoms in total. The average Bonchev–Trinajstić information content (AvgIpc) is 2.39. The number of rotatable bonds is 8. The Morgan fingerprint density at radius 1 is 1.30 bits per heavy atom. The number of nitrogens with one attached hydrogen (secondary N) is 1. The quantitative estimate of drug-likeness (QED) is 0.740. The van der Waals surface area contributed by atoms with Crippen molar-refractivity contribution in [2.24, 2.45) is 5.41 Å². The molecule has 0 bridgehead atoms. The summed E-state index contributed by atoms with van der Waals surface area (Å²) in [6.07, 6.45) is 2.86. The topological polar surface area (TPSA) is 47.0 Å². The van der Waals surface area contributed by atoms with E-state index >= 15 is 0 Å². The number of anilines is 1. The number of hydrogen-bond acceptors (Lipinski definition) is 4. The van der Waals surface area contributed by atoms with Crippen molar-refractivity contribution < 1.29 is 4.74 Å². The van der Waals surface area contributed by atoms with Gasteiger partial charge in [0, 0.05) is 32.2 Å². The summed E-state index contributed by atoms with van der Waals surface area (Å²) in [7, 11) is 1.73. The van der Waals surface area contributed by atoms with Gasteiger partial charge in [0.1, 0.15) is 16.8 Å². The summed E-state index contributed by atoms with van der Waals surface area (Å²) < 4.78 is 5.15.